The Morgan fingerprint density at radius 1 is 1.29 bits per heavy atom. The van der Waals surface area contributed by atoms with Crippen LogP contribution in [0, 0.1) is 0 Å². The second-order valence-corrected chi connectivity index (χ2v) is 7.11. The monoisotopic (exact) mass is 358 g/mol. The number of hydrogen-bond donors (Lipinski definition) is 0. The van der Waals surface area contributed by atoms with E-state index in [9.17, 15) is 4.79 Å². The van der Waals surface area contributed by atoms with Crippen LogP contribution >= 0.6 is 22.9 Å². The summed E-state index contributed by atoms with van der Waals surface area (Å²) in [7, 11) is 0. The van der Waals surface area contributed by atoms with Crippen molar-refractivity contribution in [1.82, 2.24) is 19.5 Å². The summed E-state index contributed by atoms with van der Waals surface area (Å²) in [5.41, 5.74) is 1.68. The van der Waals surface area contributed by atoms with Crippen molar-refractivity contribution < 1.29 is 4.79 Å². The number of nitrogens with zero attached hydrogens (tertiary/aromatic N) is 4. The molecule has 124 valence electrons. The second kappa shape index (κ2) is 8.12. The topological polar surface area (TPSA) is 59.0 Å². The maximum Gasteiger partial charge on any atom is 0.275 e. The first-order valence-corrected chi connectivity index (χ1v) is 9.46. The lowest BCUT2D eigenvalue weighted by atomic mass is 10.0. The average Bonchev–Trinajstić information content (AvgIpc) is 3.31. The number of thiazole rings is 1. The van der Waals surface area contributed by atoms with E-state index in [1.807, 2.05) is 28.5 Å². The van der Waals surface area contributed by atoms with Gasteiger partial charge in [-0.15, -0.1) is 16.4 Å². The van der Waals surface area contributed by atoms with Gasteiger partial charge in [0.05, 0.1) is 6.54 Å². The highest BCUT2D eigenvalue weighted by molar-refractivity contribution is 7.09. The Hall–Kier alpha value is -2.12. The van der Waals surface area contributed by atoms with E-state index in [1.165, 1.54) is 17.1 Å². The summed E-state index contributed by atoms with van der Waals surface area (Å²) in [5, 5.41) is 8.48. The molecule has 5 nitrogen and oxygen atoms in total. The molecule has 1 atom stereocenters. The minimum absolute atomic E-state index is 0.0838. The Morgan fingerprint density at radius 2 is 2.12 bits per heavy atom. The van der Waals surface area contributed by atoms with Gasteiger partial charge in [-0.2, -0.15) is 0 Å². The molecule has 1 aromatic carbocycles. The first kappa shape index (κ1) is 16.7. The molecule has 3 rings (SSSR count). The normalized spacial score (nSPS) is 12.0. The summed E-state index contributed by atoms with van der Waals surface area (Å²) in [6, 6.07) is 10.4. The van der Waals surface area contributed by atoms with Crippen LogP contribution in [-0.2, 0) is 13.0 Å². The molecule has 1 unspecified atom stereocenters. The van der Waals surface area contributed by atoms with Crippen LogP contribution in [0.2, 0.25) is 0 Å². The van der Waals surface area contributed by atoms with Crippen molar-refractivity contribution in [3.63, 3.8) is 0 Å². The van der Waals surface area contributed by atoms with Crippen molar-refractivity contribution in [2.75, 3.05) is 0 Å². The maximum atomic E-state index is 12.8. The van der Waals surface area contributed by atoms with Gasteiger partial charge in [0.25, 0.3) is 5.91 Å². The van der Waals surface area contributed by atoms with Crippen LogP contribution < -0.4 is 0 Å². The smallest absolute Gasteiger partial charge is 0.275 e. The fourth-order valence-corrected chi connectivity index (χ4v) is 3.53. The third kappa shape index (κ3) is 4.24. The van der Waals surface area contributed by atoms with Crippen LogP contribution in [0.1, 0.15) is 34.4 Å². The Morgan fingerprint density at radius 3 is 2.79 bits per heavy atom. The van der Waals surface area contributed by atoms with Crippen molar-refractivity contribution in [1.29, 1.82) is 0 Å². The van der Waals surface area contributed by atoms with Gasteiger partial charge in [-0.25, -0.2) is 4.98 Å². The largest absolute Gasteiger partial charge is 0.328 e. The Bertz CT molecular complexity index is 744. The first-order valence-electron chi connectivity index (χ1n) is 7.74. The molecule has 0 saturated heterocycles. The van der Waals surface area contributed by atoms with Crippen LogP contribution in [0.15, 0.2) is 47.3 Å². The van der Waals surface area contributed by atoms with Crippen molar-refractivity contribution >= 4 is 28.8 Å². The number of aryl methyl sites for hydroxylation is 1. The molecule has 3 aromatic rings. The summed E-state index contributed by atoms with van der Waals surface area (Å²) in [4.78, 5) is 18.9. The number of carbonyl (C=O) groups is 1. The van der Waals surface area contributed by atoms with Gasteiger partial charge in [-0.1, -0.05) is 34.8 Å². The van der Waals surface area contributed by atoms with Crippen LogP contribution in [0.3, 0.4) is 0 Å². The maximum absolute atomic E-state index is 12.8. The number of benzene rings is 1. The minimum atomic E-state index is -0.0838. The highest BCUT2D eigenvalue weighted by Crippen LogP contribution is 2.18. The van der Waals surface area contributed by atoms with Gasteiger partial charge in [-0.05, 0) is 36.9 Å². The predicted molar refractivity (Wildman–Crippen MR) is 96.1 cm³/mol. The molecule has 2 aromatic heterocycles. The molecular weight excluding hydrogens is 340 g/mol. The summed E-state index contributed by atoms with van der Waals surface area (Å²) in [6.07, 6.45) is 3.58. The second-order valence-electron chi connectivity index (χ2n) is 5.52. The molecule has 0 aliphatic carbocycles. The summed E-state index contributed by atoms with van der Waals surface area (Å²) >= 11 is 2.75. The van der Waals surface area contributed by atoms with Gasteiger partial charge >= 0.3 is 0 Å². The number of rotatable bonds is 7. The summed E-state index contributed by atoms with van der Waals surface area (Å²) < 4.78 is 3.81. The van der Waals surface area contributed by atoms with Crippen molar-refractivity contribution in [3.8, 4) is 0 Å². The SMILES string of the molecule is CC(CCc1ccccc1)N(Cc1nccs1)C(=O)c1csnn1. The summed E-state index contributed by atoms with van der Waals surface area (Å²) in [5.74, 6) is -0.0838. The minimum Gasteiger partial charge on any atom is -0.328 e. The van der Waals surface area contributed by atoms with Crippen LogP contribution in [0.5, 0.6) is 0 Å². The van der Waals surface area contributed by atoms with E-state index in [2.05, 4.69) is 33.6 Å². The molecule has 0 radical (unpaired) electrons. The zero-order valence-electron chi connectivity index (χ0n) is 13.3. The molecule has 0 fully saturated rings. The average molecular weight is 358 g/mol. The fraction of sp³-hybridized carbons (Fsp3) is 0.294. The number of hydrogen-bond acceptors (Lipinski definition) is 6. The van der Waals surface area contributed by atoms with Gasteiger partial charge in [-0.3, -0.25) is 4.79 Å². The molecule has 0 N–H and O–H groups in total. The third-order valence-electron chi connectivity index (χ3n) is 3.85. The Labute approximate surface area is 149 Å². The number of amides is 1. The van der Waals surface area contributed by atoms with Crippen molar-refractivity contribution in [2.24, 2.45) is 0 Å². The Balaban J connectivity index is 1.71. The molecule has 0 spiro atoms. The van der Waals surface area contributed by atoms with Crippen LogP contribution in [-0.4, -0.2) is 31.4 Å². The van der Waals surface area contributed by atoms with Gasteiger partial charge in [0.15, 0.2) is 5.69 Å². The molecule has 0 saturated carbocycles. The van der Waals surface area contributed by atoms with Gasteiger partial charge in [0.2, 0.25) is 0 Å². The summed E-state index contributed by atoms with van der Waals surface area (Å²) in [6.45, 7) is 2.58. The van der Waals surface area contributed by atoms with Crippen molar-refractivity contribution in [2.45, 2.75) is 32.4 Å². The molecule has 7 heteroatoms. The number of aromatic nitrogens is 3. The van der Waals surface area contributed by atoms with E-state index in [0.29, 0.717) is 12.2 Å². The quantitative estimate of drug-likeness (QED) is 0.647. The molecule has 0 aliphatic rings. The van der Waals surface area contributed by atoms with Crippen LogP contribution in [0.25, 0.3) is 0 Å². The van der Waals surface area contributed by atoms with E-state index in [-0.39, 0.29) is 11.9 Å². The van der Waals surface area contributed by atoms with E-state index >= 15 is 0 Å². The van der Waals surface area contributed by atoms with E-state index in [4.69, 9.17) is 0 Å². The molecule has 2 heterocycles. The zero-order chi connectivity index (χ0) is 16.8. The lowest BCUT2D eigenvalue weighted by Crippen LogP contribution is -2.38. The van der Waals surface area contributed by atoms with E-state index in [0.717, 1.165) is 17.8 Å². The zero-order valence-corrected chi connectivity index (χ0v) is 15.0. The standard InChI is InChI=1S/C17H18N4OS2/c1-13(7-8-14-5-3-2-4-6-14)21(11-16-18-9-10-23-16)17(22)15-12-24-20-19-15/h2-6,9-10,12-13H,7-8,11H2,1H3. The lowest BCUT2D eigenvalue weighted by molar-refractivity contribution is 0.0661. The molecular formula is C17H18N4OS2. The highest BCUT2D eigenvalue weighted by atomic mass is 32.1. The van der Waals surface area contributed by atoms with Crippen LogP contribution in [0.4, 0.5) is 0 Å². The predicted octanol–water partition coefficient (Wildman–Crippen LogP) is 3.66. The molecule has 0 bridgehead atoms. The van der Waals surface area contributed by atoms with E-state index < -0.39 is 0 Å². The molecule has 0 aliphatic heterocycles. The lowest BCUT2D eigenvalue weighted by Gasteiger charge is -2.28. The highest BCUT2D eigenvalue weighted by Gasteiger charge is 2.24. The Kier molecular flexibility index (Phi) is 5.66. The van der Waals surface area contributed by atoms with Crippen molar-refractivity contribution in [3.05, 3.63) is 63.6 Å². The molecule has 1 amide bonds. The van der Waals surface area contributed by atoms with Gasteiger partial charge in [0, 0.05) is 23.0 Å². The third-order valence-corrected chi connectivity index (χ3v) is 5.12. The first-order chi connectivity index (χ1) is 11.7. The van der Waals surface area contributed by atoms with Gasteiger partial charge in [0.1, 0.15) is 5.01 Å². The number of carbonyl (C=O) groups excluding carboxylic acids is 1. The van der Waals surface area contributed by atoms with E-state index in [1.54, 1.807) is 22.9 Å². The van der Waals surface area contributed by atoms with Gasteiger partial charge < -0.3 is 4.90 Å². The molecule has 24 heavy (non-hydrogen) atoms. The fourth-order valence-electron chi connectivity index (χ4n) is 2.49.